The molecule has 1 atom stereocenters. The summed E-state index contributed by atoms with van der Waals surface area (Å²) in [6, 6.07) is 12.5. The van der Waals surface area contributed by atoms with Crippen LogP contribution in [0.4, 0.5) is 0 Å². The van der Waals surface area contributed by atoms with Crippen molar-refractivity contribution in [2.24, 2.45) is 5.41 Å². The van der Waals surface area contributed by atoms with Crippen molar-refractivity contribution >= 4 is 16.6 Å². The monoisotopic (exact) mass is 318 g/mol. The Labute approximate surface area is 142 Å². The van der Waals surface area contributed by atoms with Gasteiger partial charge in [-0.1, -0.05) is 56.3 Å². The van der Waals surface area contributed by atoms with E-state index in [1.165, 1.54) is 10.8 Å². The van der Waals surface area contributed by atoms with Gasteiger partial charge < -0.3 is 4.74 Å². The summed E-state index contributed by atoms with van der Waals surface area (Å²) in [6.07, 6.45) is 5.58. The Hall–Kier alpha value is -2.35. The molecule has 0 amide bonds. The van der Waals surface area contributed by atoms with Crippen LogP contribution in [0.15, 0.2) is 59.9 Å². The summed E-state index contributed by atoms with van der Waals surface area (Å²) in [7, 11) is 0. The Bertz CT molecular complexity index is 899. The second-order valence-corrected chi connectivity index (χ2v) is 7.58. The predicted molar refractivity (Wildman–Crippen MR) is 97.2 cm³/mol. The zero-order valence-corrected chi connectivity index (χ0v) is 14.4. The van der Waals surface area contributed by atoms with E-state index in [1.807, 2.05) is 31.2 Å². The first-order chi connectivity index (χ1) is 11.5. The van der Waals surface area contributed by atoms with Gasteiger partial charge in [0, 0.05) is 29.9 Å². The maximum atomic E-state index is 12.9. The highest BCUT2D eigenvalue weighted by molar-refractivity contribution is 6.01. The summed E-state index contributed by atoms with van der Waals surface area (Å²) in [5.74, 6) is 1.97. The third-order valence-corrected chi connectivity index (χ3v) is 5.05. The highest BCUT2D eigenvalue weighted by atomic mass is 16.5. The van der Waals surface area contributed by atoms with Crippen LogP contribution in [0.25, 0.3) is 10.8 Å². The van der Waals surface area contributed by atoms with Gasteiger partial charge in [-0.05, 0) is 29.2 Å². The van der Waals surface area contributed by atoms with Gasteiger partial charge in [0.15, 0.2) is 5.78 Å². The highest BCUT2D eigenvalue weighted by Crippen LogP contribution is 2.50. The number of ether oxygens (including phenoxy) is 1. The van der Waals surface area contributed by atoms with Crippen molar-refractivity contribution in [3.63, 3.8) is 0 Å². The topological polar surface area (TPSA) is 26.3 Å². The number of carbonyl (C=O) groups excluding carboxylic acids is 1. The lowest BCUT2D eigenvalue weighted by atomic mass is 9.71. The summed E-state index contributed by atoms with van der Waals surface area (Å²) in [4.78, 5) is 12.9. The molecule has 4 rings (SSSR count). The lowest BCUT2D eigenvalue weighted by molar-refractivity contribution is -0.118. The van der Waals surface area contributed by atoms with Crippen LogP contribution in [0.1, 0.15) is 45.1 Å². The molecule has 0 saturated heterocycles. The fourth-order valence-corrected chi connectivity index (χ4v) is 4.06. The molecule has 1 aliphatic carbocycles. The molecule has 1 aliphatic heterocycles. The van der Waals surface area contributed by atoms with Gasteiger partial charge in [-0.2, -0.15) is 0 Å². The molecule has 0 fully saturated rings. The Morgan fingerprint density at radius 2 is 1.92 bits per heavy atom. The van der Waals surface area contributed by atoms with Gasteiger partial charge in [-0.3, -0.25) is 4.79 Å². The third-order valence-electron chi connectivity index (χ3n) is 5.05. The van der Waals surface area contributed by atoms with Crippen molar-refractivity contribution < 1.29 is 9.53 Å². The molecule has 2 heteroatoms. The van der Waals surface area contributed by atoms with Crippen molar-refractivity contribution in [2.75, 3.05) is 0 Å². The van der Waals surface area contributed by atoms with Gasteiger partial charge in [-0.25, -0.2) is 0 Å². The Kier molecular flexibility index (Phi) is 3.38. The zero-order chi connectivity index (χ0) is 16.9. The van der Waals surface area contributed by atoms with Gasteiger partial charge in [0.2, 0.25) is 0 Å². The predicted octanol–water partition coefficient (Wildman–Crippen LogP) is 5.54. The fraction of sp³-hybridized carbons (Fsp3) is 0.318. The number of benzene rings is 2. The summed E-state index contributed by atoms with van der Waals surface area (Å²) in [5, 5.41) is 2.35. The van der Waals surface area contributed by atoms with Crippen molar-refractivity contribution in [1.29, 1.82) is 0 Å². The Balaban J connectivity index is 1.98. The number of fused-ring (bicyclic) bond motifs is 3. The SMILES string of the molecule is C/C=C/C1C2=C(CC(C)(C)CC2=O)Oc2ccc3ccccc3c21. The molecule has 2 aromatic rings. The third kappa shape index (κ3) is 2.29. The second-order valence-electron chi connectivity index (χ2n) is 7.58. The lowest BCUT2D eigenvalue weighted by Gasteiger charge is -2.37. The molecule has 0 bridgehead atoms. The Morgan fingerprint density at radius 1 is 1.12 bits per heavy atom. The van der Waals surface area contributed by atoms with E-state index in [9.17, 15) is 4.79 Å². The standard InChI is InChI=1S/C22H22O2/c1-4-7-16-20-15-9-6-5-8-14(15)10-11-18(20)24-19-13-22(2,3)12-17(23)21(16)19/h4-11,16H,12-13H2,1-3H3/b7-4+. The average molecular weight is 318 g/mol. The van der Waals surface area contributed by atoms with Crippen LogP contribution in [0, 0.1) is 5.41 Å². The summed E-state index contributed by atoms with van der Waals surface area (Å²) in [5.41, 5.74) is 1.94. The van der Waals surface area contributed by atoms with Crippen molar-refractivity contribution in [3.8, 4) is 5.75 Å². The smallest absolute Gasteiger partial charge is 0.163 e. The van der Waals surface area contributed by atoms with Crippen LogP contribution in [-0.4, -0.2) is 5.78 Å². The van der Waals surface area contributed by atoms with Gasteiger partial charge in [0.25, 0.3) is 0 Å². The molecular weight excluding hydrogens is 296 g/mol. The van der Waals surface area contributed by atoms with Gasteiger partial charge in [0.1, 0.15) is 11.5 Å². The van der Waals surface area contributed by atoms with Gasteiger partial charge in [0.05, 0.1) is 0 Å². The molecule has 0 N–H and O–H groups in total. The first-order valence-electron chi connectivity index (χ1n) is 8.59. The van der Waals surface area contributed by atoms with Crippen LogP contribution < -0.4 is 4.74 Å². The number of carbonyl (C=O) groups is 1. The summed E-state index contributed by atoms with van der Waals surface area (Å²) < 4.78 is 6.25. The second kappa shape index (κ2) is 5.34. The van der Waals surface area contributed by atoms with Crippen LogP contribution in [0.3, 0.4) is 0 Å². The minimum absolute atomic E-state index is 0.0107. The minimum Gasteiger partial charge on any atom is -0.461 e. The number of hydrogen-bond donors (Lipinski definition) is 0. The zero-order valence-electron chi connectivity index (χ0n) is 14.4. The summed E-state index contributed by atoms with van der Waals surface area (Å²) >= 11 is 0. The molecule has 0 radical (unpaired) electrons. The van der Waals surface area contributed by atoms with E-state index in [0.29, 0.717) is 6.42 Å². The average Bonchev–Trinajstić information content (AvgIpc) is 2.52. The fourth-order valence-electron chi connectivity index (χ4n) is 4.06. The first kappa shape index (κ1) is 15.2. The van der Waals surface area contributed by atoms with E-state index in [2.05, 4.69) is 38.1 Å². The lowest BCUT2D eigenvalue weighted by Crippen LogP contribution is -2.32. The first-order valence-corrected chi connectivity index (χ1v) is 8.59. The number of Topliss-reactive ketones (excluding diaryl/α,β-unsaturated/α-hetero) is 1. The molecule has 1 heterocycles. The maximum absolute atomic E-state index is 12.9. The van der Waals surface area contributed by atoms with Gasteiger partial charge >= 0.3 is 0 Å². The molecule has 24 heavy (non-hydrogen) atoms. The van der Waals surface area contributed by atoms with Crippen molar-refractivity contribution in [3.05, 3.63) is 65.4 Å². The van der Waals surface area contributed by atoms with Crippen LogP contribution in [0.2, 0.25) is 0 Å². The van der Waals surface area contributed by atoms with Crippen LogP contribution >= 0.6 is 0 Å². The normalized spacial score (nSPS) is 22.5. The largest absolute Gasteiger partial charge is 0.461 e. The molecule has 122 valence electrons. The minimum atomic E-state index is -0.0370. The molecule has 0 spiro atoms. The van der Waals surface area contributed by atoms with E-state index in [0.717, 1.165) is 29.1 Å². The van der Waals surface area contributed by atoms with E-state index in [-0.39, 0.29) is 17.1 Å². The maximum Gasteiger partial charge on any atom is 0.163 e. The molecule has 1 unspecified atom stereocenters. The van der Waals surface area contributed by atoms with Crippen molar-refractivity contribution in [2.45, 2.75) is 39.5 Å². The summed E-state index contributed by atoms with van der Waals surface area (Å²) in [6.45, 7) is 6.29. The quantitative estimate of drug-likeness (QED) is 0.646. The number of rotatable bonds is 1. The molecular formula is C22H22O2. The van der Waals surface area contributed by atoms with Gasteiger partial charge in [-0.15, -0.1) is 0 Å². The Morgan fingerprint density at radius 3 is 2.71 bits per heavy atom. The molecule has 2 aromatic carbocycles. The van der Waals surface area contributed by atoms with E-state index < -0.39 is 0 Å². The number of hydrogen-bond acceptors (Lipinski definition) is 2. The van der Waals surface area contributed by atoms with E-state index in [1.54, 1.807) is 0 Å². The molecule has 2 nitrogen and oxygen atoms in total. The van der Waals surface area contributed by atoms with Crippen LogP contribution in [0.5, 0.6) is 5.75 Å². The van der Waals surface area contributed by atoms with E-state index in [4.69, 9.17) is 4.74 Å². The molecule has 0 saturated carbocycles. The van der Waals surface area contributed by atoms with E-state index >= 15 is 0 Å². The molecule has 2 aliphatic rings. The number of ketones is 1. The highest BCUT2D eigenvalue weighted by Gasteiger charge is 2.41. The number of allylic oxidation sites excluding steroid dienone is 4. The molecule has 0 aromatic heterocycles. The van der Waals surface area contributed by atoms with Crippen molar-refractivity contribution in [1.82, 2.24) is 0 Å². The van der Waals surface area contributed by atoms with Crippen LogP contribution in [-0.2, 0) is 4.79 Å².